The molecular formula is C10H14N2O2S2. The summed E-state index contributed by atoms with van der Waals surface area (Å²) in [6, 6.07) is 1.94. The van der Waals surface area contributed by atoms with E-state index < -0.39 is 0 Å². The first-order valence-corrected chi connectivity index (χ1v) is 6.28. The number of hydrogen-bond acceptors (Lipinski definition) is 4. The summed E-state index contributed by atoms with van der Waals surface area (Å²) in [7, 11) is 0. The van der Waals surface area contributed by atoms with Crippen LogP contribution in [0.15, 0.2) is 12.3 Å². The monoisotopic (exact) mass is 258 g/mol. The third-order valence-corrected chi connectivity index (χ3v) is 3.00. The van der Waals surface area contributed by atoms with Crippen molar-refractivity contribution in [2.24, 2.45) is 0 Å². The second kappa shape index (κ2) is 7.40. The average molecular weight is 258 g/mol. The van der Waals surface area contributed by atoms with Crippen molar-refractivity contribution in [3.63, 3.8) is 0 Å². The summed E-state index contributed by atoms with van der Waals surface area (Å²) in [4.78, 5) is 23.0. The van der Waals surface area contributed by atoms with E-state index in [1.54, 1.807) is 6.20 Å². The number of carbonyl (C=O) groups is 2. The van der Waals surface area contributed by atoms with E-state index in [-0.39, 0.29) is 11.0 Å². The van der Waals surface area contributed by atoms with Crippen LogP contribution >= 0.6 is 24.2 Å². The quantitative estimate of drug-likeness (QED) is 0.727. The minimum Gasteiger partial charge on any atom is -0.356 e. The summed E-state index contributed by atoms with van der Waals surface area (Å²) in [5, 5.41) is 2.63. The van der Waals surface area contributed by atoms with Gasteiger partial charge in [-0.3, -0.25) is 9.59 Å². The first-order valence-electron chi connectivity index (χ1n) is 5.06. The van der Waals surface area contributed by atoms with E-state index in [0.29, 0.717) is 25.8 Å². The molecule has 0 fully saturated rings. The molecule has 1 N–H and O–H groups in total. The van der Waals surface area contributed by atoms with Gasteiger partial charge in [-0.05, 0) is 24.0 Å². The maximum absolute atomic E-state index is 11.3. The van der Waals surface area contributed by atoms with Gasteiger partial charge in [-0.1, -0.05) is 0 Å². The Kier molecular flexibility index (Phi) is 6.10. The van der Waals surface area contributed by atoms with Crippen LogP contribution in [-0.2, 0) is 16.0 Å². The van der Waals surface area contributed by atoms with Crippen molar-refractivity contribution in [3.05, 3.63) is 17.1 Å². The number of hydrogen-bond donors (Lipinski definition) is 2. The molecule has 6 heteroatoms. The van der Waals surface area contributed by atoms with Crippen LogP contribution in [-0.4, -0.2) is 21.9 Å². The van der Waals surface area contributed by atoms with E-state index >= 15 is 0 Å². The summed E-state index contributed by atoms with van der Waals surface area (Å²) in [6.07, 6.45) is 3.86. The van der Waals surface area contributed by atoms with Gasteiger partial charge < -0.3 is 5.32 Å². The zero-order valence-corrected chi connectivity index (χ0v) is 10.5. The highest BCUT2D eigenvalue weighted by Gasteiger charge is 2.02. The highest BCUT2D eigenvalue weighted by atomic mass is 32.1. The number of thiol groups is 1. The van der Waals surface area contributed by atoms with Crippen LogP contribution in [0.25, 0.3) is 0 Å². The van der Waals surface area contributed by atoms with Gasteiger partial charge in [0.25, 0.3) is 0 Å². The molecule has 1 aromatic rings. The van der Waals surface area contributed by atoms with Crippen molar-refractivity contribution in [1.29, 1.82) is 0 Å². The highest BCUT2D eigenvalue weighted by Crippen LogP contribution is 2.04. The largest absolute Gasteiger partial charge is 0.356 e. The molecule has 0 unspecified atom stereocenters. The number of aromatic nitrogens is 1. The van der Waals surface area contributed by atoms with Gasteiger partial charge in [-0.15, -0.1) is 12.6 Å². The molecule has 1 heterocycles. The van der Waals surface area contributed by atoms with Crippen LogP contribution < -0.4 is 5.32 Å². The molecule has 0 aliphatic rings. The van der Waals surface area contributed by atoms with Gasteiger partial charge in [0.2, 0.25) is 5.91 Å². The standard InChI is InChI=1S/C10H14N2O2S2/c13-9(2-1-3-10(14)15)11-6-4-8-5-7-12-16-8/h5,7H,1-4,6H2,(H,11,13)(H,14,15). The fourth-order valence-corrected chi connectivity index (χ4v) is 1.92. The molecule has 0 saturated carbocycles. The molecule has 0 spiro atoms. The van der Waals surface area contributed by atoms with Crippen molar-refractivity contribution >= 4 is 35.2 Å². The minimum atomic E-state index is -0.169. The molecule has 1 aromatic heterocycles. The Morgan fingerprint density at radius 1 is 1.44 bits per heavy atom. The van der Waals surface area contributed by atoms with Gasteiger partial charge >= 0.3 is 0 Å². The van der Waals surface area contributed by atoms with Gasteiger partial charge in [0.15, 0.2) is 5.12 Å². The average Bonchev–Trinajstić information content (AvgIpc) is 2.70. The lowest BCUT2D eigenvalue weighted by Gasteiger charge is -2.02. The molecule has 0 aliphatic heterocycles. The Labute approximate surface area is 104 Å². The molecule has 0 bridgehead atoms. The topological polar surface area (TPSA) is 59.1 Å². The van der Waals surface area contributed by atoms with Gasteiger partial charge in [0.05, 0.1) is 0 Å². The zero-order valence-electron chi connectivity index (χ0n) is 8.81. The van der Waals surface area contributed by atoms with E-state index in [9.17, 15) is 9.59 Å². The molecule has 0 atom stereocenters. The van der Waals surface area contributed by atoms with E-state index in [2.05, 4.69) is 22.3 Å². The number of nitrogens with zero attached hydrogens (tertiary/aromatic N) is 1. The van der Waals surface area contributed by atoms with E-state index in [4.69, 9.17) is 0 Å². The van der Waals surface area contributed by atoms with Crippen LogP contribution in [0.3, 0.4) is 0 Å². The number of carbonyl (C=O) groups excluding carboxylic acids is 2. The van der Waals surface area contributed by atoms with Crippen LogP contribution in [0.5, 0.6) is 0 Å². The Bertz CT molecular complexity index is 339. The summed E-state index contributed by atoms with van der Waals surface area (Å²) >= 11 is 5.08. The summed E-state index contributed by atoms with van der Waals surface area (Å²) < 4.78 is 3.97. The molecule has 88 valence electrons. The lowest BCUT2D eigenvalue weighted by molar-refractivity contribution is -0.121. The third kappa shape index (κ3) is 5.87. The fraction of sp³-hybridized carbons (Fsp3) is 0.500. The van der Waals surface area contributed by atoms with E-state index in [0.717, 1.165) is 11.3 Å². The molecular weight excluding hydrogens is 244 g/mol. The van der Waals surface area contributed by atoms with Crippen molar-refractivity contribution < 1.29 is 9.59 Å². The third-order valence-electron chi connectivity index (χ3n) is 1.98. The second-order valence-electron chi connectivity index (χ2n) is 3.33. The first-order chi connectivity index (χ1) is 7.68. The fourth-order valence-electron chi connectivity index (χ4n) is 1.18. The summed E-state index contributed by atoms with van der Waals surface area (Å²) in [5.41, 5.74) is 0. The van der Waals surface area contributed by atoms with E-state index in [1.807, 2.05) is 6.07 Å². The molecule has 0 saturated heterocycles. The van der Waals surface area contributed by atoms with Crippen LogP contribution in [0.2, 0.25) is 0 Å². The SMILES string of the molecule is O=C(S)CCCC(=O)NCCc1ccns1. The summed E-state index contributed by atoms with van der Waals surface area (Å²) in [6.45, 7) is 0.621. The molecule has 1 rings (SSSR count). The predicted octanol–water partition coefficient (Wildman–Crippen LogP) is 1.43. The van der Waals surface area contributed by atoms with Crippen LogP contribution in [0.4, 0.5) is 0 Å². The Morgan fingerprint density at radius 2 is 2.25 bits per heavy atom. The van der Waals surface area contributed by atoms with Crippen LogP contribution in [0, 0.1) is 0 Å². The van der Waals surface area contributed by atoms with Crippen molar-refractivity contribution in [1.82, 2.24) is 9.69 Å². The lowest BCUT2D eigenvalue weighted by Crippen LogP contribution is -2.25. The number of amides is 1. The zero-order chi connectivity index (χ0) is 11.8. The second-order valence-corrected chi connectivity index (χ2v) is 4.74. The minimum absolute atomic E-state index is 0.0147. The van der Waals surface area contributed by atoms with Crippen molar-refractivity contribution in [3.8, 4) is 0 Å². The van der Waals surface area contributed by atoms with Gasteiger partial charge in [0.1, 0.15) is 0 Å². The molecule has 0 aliphatic carbocycles. The maximum Gasteiger partial charge on any atom is 0.220 e. The van der Waals surface area contributed by atoms with Crippen molar-refractivity contribution in [2.75, 3.05) is 6.54 Å². The molecule has 1 amide bonds. The van der Waals surface area contributed by atoms with Gasteiger partial charge in [-0.25, -0.2) is 4.37 Å². The van der Waals surface area contributed by atoms with Crippen molar-refractivity contribution in [2.45, 2.75) is 25.7 Å². The first kappa shape index (κ1) is 13.2. The lowest BCUT2D eigenvalue weighted by atomic mass is 10.2. The summed E-state index contributed by atoms with van der Waals surface area (Å²) in [5.74, 6) is -0.0147. The number of nitrogens with one attached hydrogen (secondary N) is 1. The molecule has 0 radical (unpaired) electrons. The van der Waals surface area contributed by atoms with Gasteiger partial charge in [-0.2, -0.15) is 0 Å². The molecule has 4 nitrogen and oxygen atoms in total. The Balaban J connectivity index is 2.04. The molecule has 0 aromatic carbocycles. The van der Waals surface area contributed by atoms with Gasteiger partial charge in [0, 0.05) is 36.9 Å². The maximum atomic E-state index is 11.3. The Morgan fingerprint density at radius 3 is 2.88 bits per heavy atom. The highest BCUT2D eigenvalue weighted by molar-refractivity contribution is 7.96. The Hall–Kier alpha value is -0.880. The smallest absolute Gasteiger partial charge is 0.220 e. The van der Waals surface area contributed by atoms with E-state index in [1.165, 1.54) is 11.5 Å². The van der Waals surface area contributed by atoms with Crippen LogP contribution in [0.1, 0.15) is 24.1 Å². The molecule has 16 heavy (non-hydrogen) atoms. The predicted molar refractivity (Wildman–Crippen MR) is 66.7 cm³/mol. The number of rotatable bonds is 7. The normalized spacial score (nSPS) is 10.1.